The minimum atomic E-state index is -0.0885. The molecule has 26 heavy (non-hydrogen) atoms. The van der Waals surface area contributed by atoms with Crippen molar-refractivity contribution in [2.45, 2.75) is 32.6 Å². The molecule has 0 atom stereocenters. The van der Waals surface area contributed by atoms with Crippen LogP contribution < -0.4 is 16.0 Å². The molecule has 0 bridgehead atoms. The molecule has 1 aromatic carbocycles. The predicted molar refractivity (Wildman–Crippen MR) is 119 cm³/mol. The van der Waals surface area contributed by atoms with Crippen LogP contribution >= 0.6 is 24.0 Å². The molecule has 0 unspecified atom stereocenters. The fourth-order valence-corrected chi connectivity index (χ4v) is 2.34. The lowest BCUT2D eigenvalue weighted by Crippen LogP contribution is -2.46. The van der Waals surface area contributed by atoms with Crippen molar-refractivity contribution in [3.8, 4) is 0 Å². The minimum Gasteiger partial charge on any atom is -0.383 e. The lowest BCUT2D eigenvalue weighted by molar-refractivity contribution is -0.120. The average molecular weight is 476 g/mol. The number of benzene rings is 1. The third-order valence-corrected chi connectivity index (χ3v) is 4.11. The van der Waals surface area contributed by atoms with Crippen molar-refractivity contribution < 1.29 is 9.53 Å². The fraction of sp³-hybridized carbons (Fsp3) is 0.579. The zero-order chi connectivity index (χ0) is 18.7. The van der Waals surface area contributed by atoms with Crippen molar-refractivity contribution in [1.82, 2.24) is 16.0 Å². The van der Waals surface area contributed by atoms with E-state index in [0.29, 0.717) is 25.7 Å². The summed E-state index contributed by atoms with van der Waals surface area (Å²) >= 11 is 0. The van der Waals surface area contributed by atoms with Gasteiger partial charge in [-0.25, -0.2) is 0 Å². The van der Waals surface area contributed by atoms with Crippen molar-refractivity contribution in [3.05, 3.63) is 35.4 Å². The van der Waals surface area contributed by atoms with Crippen LogP contribution in [0.1, 0.15) is 31.9 Å². The Balaban J connectivity index is 0.00000625. The van der Waals surface area contributed by atoms with E-state index >= 15 is 0 Å². The third kappa shape index (κ3) is 8.84. The molecule has 0 aliphatic rings. The van der Waals surface area contributed by atoms with Gasteiger partial charge in [0, 0.05) is 32.7 Å². The number of amides is 1. The summed E-state index contributed by atoms with van der Waals surface area (Å²) in [4.78, 5) is 15.9. The van der Waals surface area contributed by atoms with Gasteiger partial charge in [0.1, 0.15) is 0 Å². The largest absolute Gasteiger partial charge is 0.383 e. The van der Waals surface area contributed by atoms with Crippen LogP contribution in [-0.2, 0) is 21.4 Å². The molecule has 3 N–H and O–H groups in total. The van der Waals surface area contributed by atoms with Gasteiger partial charge in [0.2, 0.25) is 5.91 Å². The SMILES string of the molecule is CCc1ccc(C(C)(C)CNC(=NC)NCC(=O)NCCOC)cc1.I. The summed E-state index contributed by atoms with van der Waals surface area (Å²) < 4.78 is 4.90. The summed E-state index contributed by atoms with van der Waals surface area (Å²) in [5.41, 5.74) is 2.55. The van der Waals surface area contributed by atoms with Crippen molar-refractivity contribution in [2.75, 3.05) is 40.4 Å². The monoisotopic (exact) mass is 476 g/mol. The number of hydrogen-bond donors (Lipinski definition) is 3. The van der Waals surface area contributed by atoms with Gasteiger partial charge in [0.25, 0.3) is 0 Å². The molecular formula is C19H33IN4O2. The number of nitrogens with one attached hydrogen (secondary N) is 3. The maximum atomic E-state index is 11.7. The van der Waals surface area contributed by atoms with Gasteiger partial charge in [-0.1, -0.05) is 45.0 Å². The van der Waals surface area contributed by atoms with Gasteiger partial charge in [-0.05, 0) is 17.5 Å². The summed E-state index contributed by atoms with van der Waals surface area (Å²) in [7, 11) is 3.30. The quantitative estimate of drug-likeness (QED) is 0.221. The first kappa shape index (κ1) is 24.7. The van der Waals surface area contributed by atoms with Crippen LogP contribution in [0.4, 0.5) is 0 Å². The second kappa shape index (κ2) is 12.9. The second-order valence-electron chi connectivity index (χ2n) is 6.56. The van der Waals surface area contributed by atoms with Crippen LogP contribution in [0.2, 0.25) is 0 Å². The van der Waals surface area contributed by atoms with Gasteiger partial charge in [-0.2, -0.15) is 0 Å². The number of carbonyl (C=O) groups excluding carboxylic acids is 1. The van der Waals surface area contributed by atoms with Gasteiger partial charge in [-0.3, -0.25) is 9.79 Å². The Morgan fingerprint density at radius 1 is 1.15 bits per heavy atom. The smallest absolute Gasteiger partial charge is 0.239 e. The summed E-state index contributed by atoms with van der Waals surface area (Å²) in [6.07, 6.45) is 1.04. The van der Waals surface area contributed by atoms with E-state index < -0.39 is 0 Å². The van der Waals surface area contributed by atoms with E-state index in [2.05, 4.69) is 66.0 Å². The molecular weight excluding hydrogens is 443 g/mol. The Labute approximate surface area is 174 Å². The zero-order valence-electron chi connectivity index (χ0n) is 16.5. The highest BCUT2D eigenvalue weighted by molar-refractivity contribution is 14.0. The number of halogens is 1. The van der Waals surface area contributed by atoms with Gasteiger partial charge in [0.05, 0.1) is 13.2 Å². The van der Waals surface area contributed by atoms with Crippen LogP contribution in [-0.4, -0.2) is 52.3 Å². The lowest BCUT2D eigenvalue weighted by atomic mass is 9.84. The first-order valence-corrected chi connectivity index (χ1v) is 8.72. The normalized spacial score (nSPS) is 11.5. The van der Waals surface area contributed by atoms with Crippen LogP contribution in [0.3, 0.4) is 0 Å². The molecule has 148 valence electrons. The van der Waals surface area contributed by atoms with Crippen LogP contribution in [0.15, 0.2) is 29.3 Å². The Hall–Kier alpha value is -1.35. The summed E-state index contributed by atoms with van der Waals surface area (Å²) in [6, 6.07) is 8.71. The standard InChI is InChI=1S/C19H32N4O2.HI/c1-6-15-7-9-16(10-8-15)19(2,3)14-23-18(20-4)22-13-17(24)21-11-12-25-5;/h7-10H,6,11-14H2,1-5H3,(H,21,24)(H2,20,22,23);1H. The first-order chi connectivity index (χ1) is 11.9. The molecule has 0 fully saturated rings. The highest BCUT2D eigenvalue weighted by Crippen LogP contribution is 2.22. The summed E-state index contributed by atoms with van der Waals surface area (Å²) in [5.74, 6) is 0.523. The van der Waals surface area contributed by atoms with E-state index in [0.717, 1.165) is 6.42 Å². The van der Waals surface area contributed by atoms with E-state index in [-0.39, 0.29) is 41.8 Å². The van der Waals surface area contributed by atoms with Crippen LogP contribution in [0.5, 0.6) is 0 Å². The number of guanidine groups is 1. The highest BCUT2D eigenvalue weighted by atomic mass is 127. The number of aliphatic imine (C=N–C) groups is 1. The summed E-state index contributed by atoms with van der Waals surface area (Å²) in [6.45, 7) is 8.42. The number of hydrogen-bond acceptors (Lipinski definition) is 3. The molecule has 0 saturated heterocycles. The topological polar surface area (TPSA) is 74.8 Å². The van der Waals surface area contributed by atoms with E-state index in [4.69, 9.17) is 4.74 Å². The number of aryl methyl sites for hydroxylation is 1. The fourth-order valence-electron chi connectivity index (χ4n) is 2.34. The molecule has 0 spiro atoms. The Morgan fingerprint density at radius 3 is 2.35 bits per heavy atom. The second-order valence-corrected chi connectivity index (χ2v) is 6.56. The molecule has 1 aromatic rings. The first-order valence-electron chi connectivity index (χ1n) is 8.72. The number of nitrogens with zero attached hydrogens (tertiary/aromatic N) is 1. The Kier molecular flexibility index (Phi) is 12.2. The van der Waals surface area contributed by atoms with Crippen LogP contribution in [0.25, 0.3) is 0 Å². The van der Waals surface area contributed by atoms with Gasteiger partial charge in [-0.15, -0.1) is 24.0 Å². The van der Waals surface area contributed by atoms with Crippen molar-refractivity contribution in [3.63, 3.8) is 0 Å². The van der Waals surface area contributed by atoms with Gasteiger partial charge >= 0.3 is 0 Å². The van der Waals surface area contributed by atoms with Gasteiger partial charge in [0.15, 0.2) is 5.96 Å². The maximum absolute atomic E-state index is 11.7. The molecule has 0 radical (unpaired) electrons. The number of carbonyl (C=O) groups is 1. The Bertz CT molecular complexity index is 559. The Morgan fingerprint density at radius 2 is 1.81 bits per heavy atom. The molecule has 0 aliphatic heterocycles. The van der Waals surface area contributed by atoms with E-state index in [9.17, 15) is 4.79 Å². The van der Waals surface area contributed by atoms with Crippen molar-refractivity contribution in [2.24, 2.45) is 4.99 Å². The third-order valence-electron chi connectivity index (χ3n) is 4.11. The van der Waals surface area contributed by atoms with Crippen molar-refractivity contribution >= 4 is 35.8 Å². The minimum absolute atomic E-state index is 0. The lowest BCUT2D eigenvalue weighted by Gasteiger charge is -2.27. The van der Waals surface area contributed by atoms with E-state index in [1.165, 1.54) is 11.1 Å². The van der Waals surface area contributed by atoms with Gasteiger partial charge < -0.3 is 20.7 Å². The molecule has 1 amide bonds. The molecule has 7 heteroatoms. The molecule has 0 aromatic heterocycles. The zero-order valence-corrected chi connectivity index (χ0v) is 18.8. The van der Waals surface area contributed by atoms with Crippen LogP contribution in [0, 0.1) is 0 Å². The number of ether oxygens (including phenoxy) is 1. The molecule has 6 nitrogen and oxygen atoms in total. The van der Waals surface area contributed by atoms with E-state index in [1.54, 1.807) is 14.2 Å². The molecule has 0 heterocycles. The molecule has 0 saturated carbocycles. The average Bonchev–Trinajstić information content (AvgIpc) is 2.62. The highest BCUT2D eigenvalue weighted by Gasteiger charge is 2.21. The molecule has 1 rings (SSSR count). The van der Waals surface area contributed by atoms with Crippen molar-refractivity contribution in [1.29, 1.82) is 0 Å². The summed E-state index contributed by atoms with van der Waals surface area (Å²) in [5, 5.41) is 9.08. The molecule has 0 aliphatic carbocycles. The predicted octanol–water partition coefficient (Wildman–Crippen LogP) is 2.07. The maximum Gasteiger partial charge on any atom is 0.239 e. The number of rotatable bonds is 9. The van der Waals surface area contributed by atoms with E-state index in [1.807, 2.05) is 0 Å². The number of methoxy groups -OCH3 is 1.